The zero-order valence-electron chi connectivity index (χ0n) is 3.28. The highest BCUT2D eigenvalue weighted by Gasteiger charge is 1.79. The normalized spacial score (nSPS) is 6.17. The number of hydrogen-bond donors (Lipinski definition) is 2. The topological polar surface area (TPSA) is 78.1 Å². The minimum atomic E-state index is -0.480. The number of carbonyl (C=O) groups excluding carboxylic acids is 1. The first kappa shape index (κ1) is 9.21. The Labute approximate surface area is 41.0 Å². The van der Waals surface area contributed by atoms with Crippen LogP contribution in [0.3, 0.4) is 0 Å². The third kappa shape index (κ3) is 9.30. The van der Waals surface area contributed by atoms with E-state index < -0.39 is 5.91 Å². The van der Waals surface area contributed by atoms with Gasteiger partial charge >= 0.3 is 0 Å². The Balaban J connectivity index is 0. The molecule has 0 aliphatic rings. The van der Waals surface area contributed by atoms with Gasteiger partial charge in [-0.3, -0.25) is 4.79 Å². The summed E-state index contributed by atoms with van der Waals surface area (Å²) in [5.41, 5.74) is 4.52. The molecule has 0 saturated carbocycles. The maximum Gasteiger partial charge on any atom is 0.232 e. The van der Waals surface area contributed by atoms with E-state index in [9.17, 15) is 4.79 Å². The molecule has 0 aromatic heterocycles. The van der Waals surface area contributed by atoms with Crippen LogP contribution in [0.15, 0.2) is 0 Å². The van der Waals surface area contributed by atoms with Gasteiger partial charge in [-0.05, 0) is 0 Å². The van der Waals surface area contributed by atoms with Crippen LogP contribution in [0.25, 0.3) is 0 Å². The van der Waals surface area contributed by atoms with Gasteiger partial charge in [0.1, 0.15) is 5.88 Å². The minimum Gasteiger partial charge on any atom is -0.369 e. The fourth-order valence-corrected chi connectivity index (χ4v) is 0. The first-order chi connectivity index (χ1) is 2.27. The van der Waals surface area contributed by atoms with E-state index >= 15 is 0 Å². The molecular formula is C2H7ClN2O. The largest absolute Gasteiger partial charge is 0.369 e. The molecule has 0 radical (unpaired) electrons. The fourth-order valence-electron chi connectivity index (χ4n) is 0. The molecule has 0 heterocycles. The van der Waals surface area contributed by atoms with Crippen LogP contribution < -0.4 is 11.9 Å². The second-order valence-corrected chi connectivity index (χ2v) is 0.867. The summed E-state index contributed by atoms with van der Waals surface area (Å²) < 4.78 is 0. The van der Waals surface area contributed by atoms with Crippen LogP contribution in [0.4, 0.5) is 0 Å². The molecule has 0 fully saturated rings. The third-order valence-corrected chi connectivity index (χ3v) is 0.395. The first-order valence-corrected chi connectivity index (χ1v) is 1.65. The molecule has 0 saturated heterocycles. The van der Waals surface area contributed by atoms with Crippen molar-refractivity contribution < 1.29 is 4.79 Å². The molecule has 6 heavy (non-hydrogen) atoms. The molecule has 5 N–H and O–H groups in total. The highest BCUT2D eigenvalue weighted by Crippen LogP contribution is 1.64. The lowest BCUT2D eigenvalue weighted by atomic mass is 10.8. The van der Waals surface area contributed by atoms with Gasteiger partial charge in [0.05, 0.1) is 0 Å². The second-order valence-electron chi connectivity index (χ2n) is 0.600. The van der Waals surface area contributed by atoms with Gasteiger partial charge in [-0.25, -0.2) is 0 Å². The molecule has 0 aliphatic carbocycles. The summed E-state index contributed by atoms with van der Waals surface area (Å²) in [4.78, 5) is 9.46. The van der Waals surface area contributed by atoms with Crippen LogP contribution in [-0.2, 0) is 4.79 Å². The van der Waals surface area contributed by atoms with Crippen LogP contribution in [0, 0.1) is 0 Å². The van der Waals surface area contributed by atoms with Crippen LogP contribution in [0.1, 0.15) is 0 Å². The van der Waals surface area contributed by atoms with Crippen molar-refractivity contribution in [2.75, 3.05) is 5.88 Å². The zero-order valence-corrected chi connectivity index (χ0v) is 4.03. The van der Waals surface area contributed by atoms with Gasteiger partial charge in [-0.1, -0.05) is 0 Å². The fraction of sp³-hybridized carbons (Fsp3) is 0.500. The van der Waals surface area contributed by atoms with Gasteiger partial charge < -0.3 is 11.9 Å². The first-order valence-electron chi connectivity index (χ1n) is 1.11. The monoisotopic (exact) mass is 110 g/mol. The summed E-state index contributed by atoms with van der Waals surface area (Å²) in [6.45, 7) is 0. The quantitative estimate of drug-likeness (QED) is 0.462. The van der Waals surface area contributed by atoms with E-state index in [1.165, 1.54) is 0 Å². The second kappa shape index (κ2) is 4.72. The number of primary amides is 1. The lowest BCUT2D eigenvalue weighted by Crippen LogP contribution is -2.10. The highest BCUT2D eigenvalue weighted by molar-refractivity contribution is 6.27. The van der Waals surface area contributed by atoms with Gasteiger partial charge in [0.2, 0.25) is 5.91 Å². The highest BCUT2D eigenvalue weighted by atomic mass is 35.5. The molecule has 0 aromatic carbocycles. The Hall–Kier alpha value is -0.280. The summed E-state index contributed by atoms with van der Waals surface area (Å²) in [5.74, 6) is -0.563. The molecule has 3 nitrogen and oxygen atoms in total. The molecule has 0 spiro atoms. The molecule has 0 aliphatic heterocycles. The lowest BCUT2D eigenvalue weighted by Gasteiger charge is -1.71. The summed E-state index contributed by atoms with van der Waals surface area (Å²) in [5, 5.41) is 0. The summed E-state index contributed by atoms with van der Waals surface area (Å²) in [6.07, 6.45) is 0. The van der Waals surface area contributed by atoms with Crippen LogP contribution >= 0.6 is 11.6 Å². The predicted octanol–water partition coefficient (Wildman–Crippen LogP) is -0.128. The molecule has 0 bridgehead atoms. The Kier molecular flexibility index (Phi) is 7.24. The van der Waals surface area contributed by atoms with Gasteiger partial charge in [0.15, 0.2) is 0 Å². The number of hydrogen-bond acceptors (Lipinski definition) is 2. The number of rotatable bonds is 1. The van der Waals surface area contributed by atoms with Crippen molar-refractivity contribution in [1.82, 2.24) is 6.15 Å². The molecule has 0 unspecified atom stereocenters. The average Bonchev–Trinajstić information content (AvgIpc) is 1.38. The van der Waals surface area contributed by atoms with E-state index in [4.69, 9.17) is 11.6 Å². The van der Waals surface area contributed by atoms with E-state index in [0.717, 1.165) is 0 Å². The van der Waals surface area contributed by atoms with Crippen molar-refractivity contribution in [3.8, 4) is 0 Å². The van der Waals surface area contributed by atoms with E-state index in [2.05, 4.69) is 5.73 Å². The zero-order chi connectivity index (χ0) is 4.28. The molecule has 0 aromatic rings. The standard InChI is InChI=1S/C2H4ClNO.H3N/c3-1-2(4)5;/h1H2,(H2,4,5);1H3. The Bertz CT molecular complexity index is 46.8. The smallest absolute Gasteiger partial charge is 0.232 e. The number of nitrogens with two attached hydrogens (primary N) is 1. The van der Waals surface area contributed by atoms with E-state index in [-0.39, 0.29) is 12.0 Å². The average molecular weight is 111 g/mol. The molecular weight excluding hydrogens is 103 g/mol. The SMILES string of the molecule is N.NC(=O)CCl. The third-order valence-electron chi connectivity index (χ3n) is 0.132. The molecule has 1 amide bonds. The molecule has 4 heteroatoms. The maximum absolute atomic E-state index is 9.46. The van der Waals surface area contributed by atoms with Crippen LogP contribution in [0.5, 0.6) is 0 Å². The number of carbonyl (C=O) groups is 1. The van der Waals surface area contributed by atoms with Crippen molar-refractivity contribution in [3.05, 3.63) is 0 Å². The van der Waals surface area contributed by atoms with Gasteiger partial charge in [0.25, 0.3) is 0 Å². The van der Waals surface area contributed by atoms with Crippen molar-refractivity contribution in [3.63, 3.8) is 0 Å². The van der Waals surface area contributed by atoms with Gasteiger partial charge in [0, 0.05) is 0 Å². The van der Waals surface area contributed by atoms with Crippen LogP contribution in [-0.4, -0.2) is 11.8 Å². The Morgan fingerprint density at radius 3 is 2.00 bits per heavy atom. The number of halogens is 1. The Morgan fingerprint density at radius 2 is 2.00 bits per heavy atom. The lowest BCUT2D eigenvalue weighted by molar-refractivity contribution is -0.115. The maximum atomic E-state index is 9.46. The van der Waals surface area contributed by atoms with Crippen molar-refractivity contribution in [2.24, 2.45) is 5.73 Å². The van der Waals surface area contributed by atoms with E-state index in [1.807, 2.05) is 0 Å². The van der Waals surface area contributed by atoms with E-state index in [1.54, 1.807) is 0 Å². The molecule has 0 rings (SSSR count). The molecule has 38 valence electrons. The predicted molar refractivity (Wildman–Crippen MR) is 24.9 cm³/mol. The molecule has 0 atom stereocenters. The number of alkyl halides is 1. The van der Waals surface area contributed by atoms with Crippen molar-refractivity contribution >= 4 is 17.5 Å². The summed E-state index contributed by atoms with van der Waals surface area (Å²) in [7, 11) is 0. The van der Waals surface area contributed by atoms with E-state index in [0.29, 0.717) is 0 Å². The van der Waals surface area contributed by atoms with Gasteiger partial charge in [-0.15, -0.1) is 11.6 Å². The minimum absolute atomic E-state index is 0. The summed E-state index contributed by atoms with van der Waals surface area (Å²) >= 11 is 4.86. The summed E-state index contributed by atoms with van der Waals surface area (Å²) in [6, 6.07) is 0. The number of amides is 1. The Morgan fingerprint density at radius 1 is 1.83 bits per heavy atom. The van der Waals surface area contributed by atoms with Gasteiger partial charge in [-0.2, -0.15) is 0 Å². The van der Waals surface area contributed by atoms with Crippen LogP contribution in [0.2, 0.25) is 0 Å². The van der Waals surface area contributed by atoms with Crippen molar-refractivity contribution in [2.45, 2.75) is 0 Å². The van der Waals surface area contributed by atoms with Crippen molar-refractivity contribution in [1.29, 1.82) is 0 Å².